The molecule has 1 heterocycles. The Hall–Kier alpha value is -0.630. The minimum Gasteiger partial charge on any atom is -0.380 e. The first-order valence-corrected chi connectivity index (χ1v) is 6.63. The van der Waals surface area contributed by atoms with Crippen molar-refractivity contribution in [2.24, 2.45) is 11.7 Å². The number of rotatable bonds is 4. The lowest BCUT2D eigenvalue weighted by Crippen LogP contribution is -2.43. The van der Waals surface area contributed by atoms with E-state index in [-0.39, 0.29) is 0 Å². The summed E-state index contributed by atoms with van der Waals surface area (Å²) in [5.74, 6) is 0.383. The zero-order valence-corrected chi connectivity index (χ0v) is 10.7. The van der Waals surface area contributed by atoms with Crippen LogP contribution in [0.5, 0.6) is 0 Å². The third kappa shape index (κ3) is 2.79. The Morgan fingerprint density at radius 3 is 3.00 bits per heavy atom. The van der Waals surface area contributed by atoms with Gasteiger partial charge in [0.05, 0.1) is 12.2 Å². The second kappa shape index (κ2) is 5.34. The van der Waals surface area contributed by atoms with Gasteiger partial charge in [-0.15, -0.1) is 0 Å². The van der Waals surface area contributed by atoms with E-state index in [2.05, 4.69) is 11.0 Å². The highest BCUT2D eigenvalue weighted by molar-refractivity contribution is 5.12. The molecule has 96 valence electrons. The van der Waals surface area contributed by atoms with E-state index in [1.54, 1.807) is 7.11 Å². The number of methoxy groups -OCH3 is 1. The first kappa shape index (κ1) is 12.8. The van der Waals surface area contributed by atoms with Gasteiger partial charge in [-0.3, -0.25) is 0 Å². The molecule has 2 N–H and O–H groups in total. The summed E-state index contributed by atoms with van der Waals surface area (Å²) in [5, 5.41) is 9.16. The molecule has 0 aromatic heterocycles. The monoisotopic (exact) mass is 237 g/mol. The maximum atomic E-state index is 9.16. The molecule has 3 atom stereocenters. The fraction of sp³-hybridized carbons (Fsp3) is 0.923. The molecule has 4 heteroatoms. The van der Waals surface area contributed by atoms with Crippen molar-refractivity contribution >= 4 is 0 Å². The van der Waals surface area contributed by atoms with Crippen molar-refractivity contribution < 1.29 is 4.74 Å². The van der Waals surface area contributed by atoms with Crippen molar-refractivity contribution in [1.29, 1.82) is 5.26 Å². The molecule has 17 heavy (non-hydrogen) atoms. The smallest absolute Gasteiger partial charge is 0.107 e. The highest BCUT2D eigenvalue weighted by atomic mass is 16.5. The highest BCUT2D eigenvalue weighted by Gasteiger charge is 2.39. The normalized spacial score (nSPS) is 38.4. The molecular weight excluding hydrogens is 214 g/mol. The summed E-state index contributed by atoms with van der Waals surface area (Å²) in [6.45, 7) is 3.22. The van der Waals surface area contributed by atoms with Gasteiger partial charge in [0.15, 0.2) is 0 Å². The fourth-order valence-electron chi connectivity index (χ4n) is 3.18. The van der Waals surface area contributed by atoms with E-state index in [0.717, 1.165) is 51.7 Å². The van der Waals surface area contributed by atoms with Gasteiger partial charge in [0.25, 0.3) is 0 Å². The number of nitriles is 1. The van der Waals surface area contributed by atoms with E-state index in [1.165, 1.54) is 0 Å². The standard InChI is InChI=1S/C13H23N3O/c1-17-12-5-8-16(9-12)7-4-11-3-2-6-13(11,15)10-14/h11-12H,2-9,15H2,1H3. The van der Waals surface area contributed by atoms with Crippen molar-refractivity contribution in [2.45, 2.75) is 43.7 Å². The van der Waals surface area contributed by atoms with Crippen LogP contribution in [-0.2, 0) is 4.74 Å². The summed E-state index contributed by atoms with van der Waals surface area (Å²) in [6, 6.07) is 2.32. The van der Waals surface area contributed by atoms with Gasteiger partial charge in [0.2, 0.25) is 0 Å². The Kier molecular flexibility index (Phi) is 4.03. The Balaban J connectivity index is 1.77. The molecule has 1 aliphatic heterocycles. The molecule has 1 aliphatic carbocycles. The summed E-state index contributed by atoms with van der Waals surface area (Å²) in [7, 11) is 1.78. The Morgan fingerprint density at radius 1 is 1.53 bits per heavy atom. The average molecular weight is 237 g/mol. The van der Waals surface area contributed by atoms with Crippen LogP contribution >= 0.6 is 0 Å². The van der Waals surface area contributed by atoms with Crippen LogP contribution in [-0.4, -0.2) is 43.3 Å². The van der Waals surface area contributed by atoms with Crippen LogP contribution in [0.25, 0.3) is 0 Å². The number of hydrogen-bond donors (Lipinski definition) is 1. The average Bonchev–Trinajstić information content (AvgIpc) is 2.94. The summed E-state index contributed by atoms with van der Waals surface area (Å²) in [6.07, 6.45) is 5.68. The van der Waals surface area contributed by atoms with Gasteiger partial charge >= 0.3 is 0 Å². The zero-order valence-electron chi connectivity index (χ0n) is 10.7. The molecule has 3 unspecified atom stereocenters. The topological polar surface area (TPSA) is 62.3 Å². The van der Waals surface area contributed by atoms with Crippen LogP contribution in [0.15, 0.2) is 0 Å². The van der Waals surface area contributed by atoms with E-state index < -0.39 is 5.54 Å². The molecule has 0 bridgehead atoms. The Bertz CT molecular complexity index is 302. The van der Waals surface area contributed by atoms with Gasteiger partial charge in [-0.1, -0.05) is 6.42 Å². The lowest BCUT2D eigenvalue weighted by atomic mass is 9.87. The number of ether oxygens (including phenoxy) is 1. The maximum absolute atomic E-state index is 9.16. The second-order valence-corrected chi connectivity index (χ2v) is 5.48. The number of nitrogens with zero attached hydrogens (tertiary/aromatic N) is 2. The van der Waals surface area contributed by atoms with Crippen LogP contribution in [0.3, 0.4) is 0 Å². The van der Waals surface area contributed by atoms with E-state index in [1.807, 2.05) is 0 Å². The third-order valence-corrected chi connectivity index (χ3v) is 4.44. The SMILES string of the molecule is COC1CCN(CCC2CCCC2(N)C#N)C1. The number of hydrogen-bond acceptors (Lipinski definition) is 4. The van der Waals surface area contributed by atoms with E-state index in [9.17, 15) is 0 Å². The van der Waals surface area contributed by atoms with Gasteiger partial charge < -0.3 is 15.4 Å². The van der Waals surface area contributed by atoms with Crippen LogP contribution in [0, 0.1) is 17.2 Å². The highest BCUT2D eigenvalue weighted by Crippen LogP contribution is 2.35. The second-order valence-electron chi connectivity index (χ2n) is 5.48. The Labute approximate surface area is 104 Å². The molecule has 0 radical (unpaired) electrons. The number of nitrogens with two attached hydrogens (primary N) is 1. The van der Waals surface area contributed by atoms with E-state index in [0.29, 0.717) is 12.0 Å². The maximum Gasteiger partial charge on any atom is 0.107 e. The third-order valence-electron chi connectivity index (χ3n) is 4.44. The predicted molar refractivity (Wildman–Crippen MR) is 66.3 cm³/mol. The quantitative estimate of drug-likeness (QED) is 0.796. The summed E-state index contributed by atoms with van der Waals surface area (Å²) in [5.41, 5.74) is 5.58. The van der Waals surface area contributed by atoms with Crippen LogP contribution < -0.4 is 5.73 Å². The van der Waals surface area contributed by atoms with Crippen molar-refractivity contribution in [2.75, 3.05) is 26.7 Å². The van der Waals surface area contributed by atoms with Crippen molar-refractivity contribution in [3.05, 3.63) is 0 Å². The minimum absolute atomic E-state index is 0.383. The van der Waals surface area contributed by atoms with Crippen molar-refractivity contribution in [3.8, 4) is 6.07 Å². The first-order valence-electron chi connectivity index (χ1n) is 6.63. The predicted octanol–water partition coefficient (Wildman–Crippen LogP) is 1.12. The molecule has 1 saturated heterocycles. The fourth-order valence-corrected chi connectivity index (χ4v) is 3.18. The van der Waals surface area contributed by atoms with Crippen LogP contribution in [0.1, 0.15) is 32.1 Å². The first-order chi connectivity index (χ1) is 8.18. The molecule has 0 aromatic carbocycles. The molecule has 4 nitrogen and oxygen atoms in total. The van der Waals surface area contributed by atoms with E-state index in [4.69, 9.17) is 15.7 Å². The van der Waals surface area contributed by atoms with Crippen molar-refractivity contribution in [3.63, 3.8) is 0 Å². The largest absolute Gasteiger partial charge is 0.380 e. The van der Waals surface area contributed by atoms with Gasteiger partial charge in [0, 0.05) is 20.2 Å². The molecule has 0 spiro atoms. The number of likely N-dealkylation sites (tertiary alicyclic amines) is 1. The molecular formula is C13H23N3O. The van der Waals surface area contributed by atoms with Gasteiger partial charge in [-0.25, -0.2) is 0 Å². The molecule has 0 aromatic rings. The lowest BCUT2D eigenvalue weighted by Gasteiger charge is -2.26. The molecule has 1 saturated carbocycles. The van der Waals surface area contributed by atoms with Gasteiger partial charge in [-0.2, -0.15) is 5.26 Å². The van der Waals surface area contributed by atoms with Crippen LogP contribution in [0.4, 0.5) is 0 Å². The Morgan fingerprint density at radius 2 is 2.35 bits per heavy atom. The summed E-state index contributed by atoms with van der Waals surface area (Å²) in [4.78, 5) is 2.43. The molecule has 2 fully saturated rings. The summed E-state index contributed by atoms with van der Waals surface area (Å²) < 4.78 is 5.36. The summed E-state index contributed by atoms with van der Waals surface area (Å²) >= 11 is 0. The zero-order chi connectivity index (χ0) is 12.3. The molecule has 2 aliphatic rings. The lowest BCUT2D eigenvalue weighted by molar-refractivity contribution is 0.107. The van der Waals surface area contributed by atoms with Gasteiger partial charge in [0.1, 0.15) is 5.54 Å². The minimum atomic E-state index is -0.555. The van der Waals surface area contributed by atoms with Crippen molar-refractivity contribution in [1.82, 2.24) is 4.90 Å². The van der Waals surface area contributed by atoms with E-state index >= 15 is 0 Å². The van der Waals surface area contributed by atoms with Crippen LogP contribution in [0.2, 0.25) is 0 Å². The molecule has 0 amide bonds. The molecule has 2 rings (SSSR count). The van der Waals surface area contributed by atoms with Gasteiger partial charge in [-0.05, 0) is 38.1 Å².